The van der Waals surface area contributed by atoms with Crippen LogP contribution in [0.5, 0.6) is 0 Å². The molecule has 0 aliphatic rings. The molecule has 0 spiro atoms. The summed E-state index contributed by atoms with van der Waals surface area (Å²) >= 11 is 0. The van der Waals surface area contributed by atoms with Gasteiger partial charge in [-0.25, -0.2) is 4.79 Å². The van der Waals surface area contributed by atoms with Gasteiger partial charge in [-0.3, -0.25) is 10.1 Å². The predicted octanol–water partition coefficient (Wildman–Crippen LogP) is 5.34. The maximum atomic E-state index is 12.4. The fourth-order valence-corrected chi connectivity index (χ4v) is 2.66. The Balaban J connectivity index is 1.92. The zero-order valence-electron chi connectivity index (χ0n) is 16.6. The van der Waals surface area contributed by atoms with Gasteiger partial charge in [0.25, 0.3) is 0 Å². The van der Waals surface area contributed by atoms with E-state index in [-0.39, 0.29) is 11.3 Å². The number of benzene rings is 2. The standard InChI is InChI=1S/C22H28N2O3/c1-21(2,3)27-20(26)24-18-13-11-17(12-14-18)23-19(25)15-22(4,5)16-9-7-6-8-10-16/h6-14H,15H2,1-5H3,(H,23,25)(H,24,26). The maximum absolute atomic E-state index is 12.4. The minimum atomic E-state index is -0.552. The third-order valence-electron chi connectivity index (χ3n) is 3.97. The Kier molecular flexibility index (Phi) is 6.26. The third kappa shape index (κ3) is 6.77. The van der Waals surface area contributed by atoms with Crippen LogP contribution in [0, 0.1) is 0 Å². The Morgan fingerprint density at radius 3 is 1.85 bits per heavy atom. The molecule has 2 aromatic rings. The van der Waals surface area contributed by atoms with Crippen molar-refractivity contribution < 1.29 is 14.3 Å². The average Bonchev–Trinajstić information content (AvgIpc) is 2.55. The largest absolute Gasteiger partial charge is 0.444 e. The first-order chi connectivity index (χ1) is 12.5. The third-order valence-corrected chi connectivity index (χ3v) is 3.97. The number of hydrogen-bond acceptors (Lipinski definition) is 3. The van der Waals surface area contributed by atoms with Gasteiger partial charge in [0.2, 0.25) is 5.91 Å². The smallest absolute Gasteiger partial charge is 0.412 e. The molecule has 0 saturated carbocycles. The van der Waals surface area contributed by atoms with Crippen LogP contribution in [0.2, 0.25) is 0 Å². The van der Waals surface area contributed by atoms with Crippen molar-refractivity contribution in [3.63, 3.8) is 0 Å². The Labute approximate surface area is 161 Å². The molecule has 0 aliphatic carbocycles. The van der Waals surface area contributed by atoms with Gasteiger partial charge in [-0.2, -0.15) is 0 Å². The van der Waals surface area contributed by atoms with Gasteiger partial charge in [-0.05, 0) is 56.0 Å². The minimum Gasteiger partial charge on any atom is -0.444 e. The van der Waals surface area contributed by atoms with Crippen LogP contribution in [0.4, 0.5) is 16.2 Å². The number of carbonyl (C=O) groups is 2. The molecule has 0 saturated heterocycles. The van der Waals surface area contributed by atoms with Crippen LogP contribution < -0.4 is 10.6 Å². The molecular formula is C22H28N2O3. The number of rotatable bonds is 5. The second kappa shape index (κ2) is 8.25. The van der Waals surface area contributed by atoms with Crippen LogP contribution in [-0.2, 0) is 14.9 Å². The number of carbonyl (C=O) groups excluding carboxylic acids is 2. The number of nitrogens with one attached hydrogen (secondary N) is 2. The van der Waals surface area contributed by atoms with Gasteiger partial charge >= 0.3 is 6.09 Å². The van der Waals surface area contributed by atoms with Gasteiger partial charge in [0.1, 0.15) is 5.60 Å². The van der Waals surface area contributed by atoms with Crippen molar-refractivity contribution in [3.8, 4) is 0 Å². The first-order valence-electron chi connectivity index (χ1n) is 9.01. The summed E-state index contributed by atoms with van der Waals surface area (Å²) in [6, 6.07) is 16.9. The van der Waals surface area contributed by atoms with Gasteiger partial charge in [0, 0.05) is 17.8 Å². The summed E-state index contributed by atoms with van der Waals surface area (Å²) < 4.78 is 5.21. The quantitative estimate of drug-likeness (QED) is 0.748. The summed E-state index contributed by atoms with van der Waals surface area (Å²) in [4.78, 5) is 24.2. The molecule has 0 aliphatic heterocycles. The van der Waals surface area contributed by atoms with E-state index in [0.29, 0.717) is 17.8 Å². The highest BCUT2D eigenvalue weighted by Gasteiger charge is 2.24. The summed E-state index contributed by atoms with van der Waals surface area (Å²) in [5, 5.41) is 5.57. The normalized spacial score (nSPS) is 11.6. The van der Waals surface area contributed by atoms with Crippen LogP contribution in [0.1, 0.15) is 46.6 Å². The number of ether oxygens (including phenoxy) is 1. The van der Waals surface area contributed by atoms with Crippen LogP contribution in [0.3, 0.4) is 0 Å². The maximum Gasteiger partial charge on any atom is 0.412 e. The fraction of sp³-hybridized carbons (Fsp3) is 0.364. The summed E-state index contributed by atoms with van der Waals surface area (Å²) in [5.74, 6) is -0.0586. The van der Waals surface area contributed by atoms with Crippen molar-refractivity contribution >= 4 is 23.4 Å². The van der Waals surface area contributed by atoms with Crippen LogP contribution >= 0.6 is 0 Å². The Bertz CT molecular complexity index is 775. The molecule has 0 atom stereocenters. The van der Waals surface area contributed by atoms with Crippen molar-refractivity contribution in [3.05, 3.63) is 60.2 Å². The van der Waals surface area contributed by atoms with Crippen molar-refractivity contribution in [2.45, 2.75) is 52.1 Å². The topological polar surface area (TPSA) is 67.4 Å². The van der Waals surface area contributed by atoms with Crippen molar-refractivity contribution in [1.29, 1.82) is 0 Å². The first kappa shape index (κ1) is 20.5. The SMILES string of the molecule is CC(C)(C)OC(=O)Nc1ccc(NC(=O)CC(C)(C)c2ccccc2)cc1. The summed E-state index contributed by atoms with van der Waals surface area (Å²) in [5.41, 5.74) is 1.59. The van der Waals surface area contributed by atoms with E-state index < -0.39 is 11.7 Å². The highest BCUT2D eigenvalue weighted by atomic mass is 16.6. The highest BCUT2D eigenvalue weighted by molar-refractivity contribution is 5.92. The van der Waals surface area contributed by atoms with Gasteiger partial charge in [0.15, 0.2) is 0 Å². The Morgan fingerprint density at radius 2 is 1.33 bits per heavy atom. The van der Waals surface area contributed by atoms with Crippen LogP contribution in [0.15, 0.2) is 54.6 Å². The molecule has 5 heteroatoms. The molecule has 0 bridgehead atoms. The zero-order chi connectivity index (χ0) is 20.1. The molecule has 27 heavy (non-hydrogen) atoms. The lowest BCUT2D eigenvalue weighted by molar-refractivity contribution is -0.117. The Morgan fingerprint density at radius 1 is 0.815 bits per heavy atom. The lowest BCUT2D eigenvalue weighted by atomic mass is 9.81. The van der Waals surface area contributed by atoms with E-state index in [4.69, 9.17) is 4.74 Å². The predicted molar refractivity (Wildman–Crippen MR) is 109 cm³/mol. The molecule has 0 aromatic heterocycles. The van der Waals surface area contributed by atoms with E-state index in [1.54, 1.807) is 24.3 Å². The number of anilines is 2. The number of amides is 2. The zero-order valence-corrected chi connectivity index (χ0v) is 16.6. The van der Waals surface area contributed by atoms with Crippen molar-refractivity contribution in [2.75, 3.05) is 10.6 Å². The average molecular weight is 368 g/mol. The van der Waals surface area contributed by atoms with Gasteiger partial charge in [-0.15, -0.1) is 0 Å². The Hall–Kier alpha value is -2.82. The summed E-state index contributed by atoms with van der Waals surface area (Å²) in [7, 11) is 0. The van der Waals surface area contributed by atoms with E-state index in [0.717, 1.165) is 5.56 Å². The van der Waals surface area contributed by atoms with Crippen LogP contribution in [0.25, 0.3) is 0 Å². The summed E-state index contributed by atoms with van der Waals surface area (Å²) in [6.07, 6.45) is -0.140. The van der Waals surface area contributed by atoms with E-state index in [1.807, 2.05) is 51.1 Å². The highest BCUT2D eigenvalue weighted by Crippen LogP contribution is 2.27. The lowest BCUT2D eigenvalue weighted by Gasteiger charge is -2.24. The van der Waals surface area contributed by atoms with Gasteiger partial charge in [0.05, 0.1) is 0 Å². The second-order valence-corrected chi connectivity index (χ2v) is 8.18. The molecule has 5 nitrogen and oxygen atoms in total. The molecule has 144 valence electrons. The van der Waals surface area contributed by atoms with Gasteiger partial charge < -0.3 is 10.1 Å². The summed E-state index contributed by atoms with van der Waals surface area (Å²) in [6.45, 7) is 9.53. The number of hydrogen-bond donors (Lipinski definition) is 2. The molecule has 2 N–H and O–H groups in total. The molecule has 0 unspecified atom stereocenters. The molecule has 0 heterocycles. The van der Waals surface area contributed by atoms with Gasteiger partial charge in [-0.1, -0.05) is 44.2 Å². The molecule has 2 amide bonds. The molecule has 0 radical (unpaired) electrons. The monoisotopic (exact) mass is 368 g/mol. The van der Waals surface area contributed by atoms with Crippen molar-refractivity contribution in [1.82, 2.24) is 0 Å². The molecule has 0 fully saturated rings. The second-order valence-electron chi connectivity index (χ2n) is 8.18. The van der Waals surface area contributed by atoms with Crippen molar-refractivity contribution in [2.24, 2.45) is 0 Å². The van der Waals surface area contributed by atoms with E-state index >= 15 is 0 Å². The first-order valence-corrected chi connectivity index (χ1v) is 9.01. The molecular weight excluding hydrogens is 340 g/mol. The molecule has 2 rings (SSSR count). The fourth-order valence-electron chi connectivity index (χ4n) is 2.66. The van der Waals surface area contributed by atoms with Crippen LogP contribution in [-0.4, -0.2) is 17.6 Å². The minimum absolute atomic E-state index is 0.0586. The lowest BCUT2D eigenvalue weighted by Crippen LogP contribution is -2.27. The van der Waals surface area contributed by atoms with E-state index in [1.165, 1.54) is 0 Å². The van der Waals surface area contributed by atoms with E-state index in [9.17, 15) is 9.59 Å². The van der Waals surface area contributed by atoms with E-state index in [2.05, 4.69) is 24.5 Å². The molecule has 2 aromatic carbocycles.